The van der Waals surface area contributed by atoms with Crippen molar-refractivity contribution in [1.82, 2.24) is 10.2 Å². The Morgan fingerprint density at radius 1 is 1.06 bits per heavy atom. The van der Waals surface area contributed by atoms with Crippen molar-refractivity contribution in [2.24, 2.45) is 0 Å². The molecule has 1 aliphatic carbocycles. The van der Waals surface area contributed by atoms with E-state index in [0.717, 1.165) is 48.2 Å². The first-order valence-corrected chi connectivity index (χ1v) is 14.2. The lowest BCUT2D eigenvalue weighted by Crippen LogP contribution is -2.53. The highest BCUT2D eigenvalue weighted by Crippen LogP contribution is 2.25. The van der Waals surface area contributed by atoms with E-state index in [1.165, 1.54) is 17.0 Å². The molecule has 1 N–H and O–H groups in total. The molecule has 2 amide bonds. The Balaban J connectivity index is 1.89. The van der Waals surface area contributed by atoms with Gasteiger partial charge in [0, 0.05) is 12.6 Å². The molecule has 0 aromatic heterocycles. The minimum atomic E-state index is -3.80. The third kappa shape index (κ3) is 7.29. The molecule has 0 radical (unpaired) electrons. The second-order valence-electron chi connectivity index (χ2n) is 9.73. The predicted octanol–water partition coefficient (Wildman–Crippen LogP) is 4.07. The number of rotatable bonds is 9. The Kier molecular flexibility index (Phi) is 9.11. The van der Waals surface area contributed by atoms with Crippen molar-refractivity contribution < 1.29 is 22.4 Å². The molecule has 1 atom stereocenters. The molecule has 2 aromatic rings. The highest BCUT2D eigenvalue weighted by atomic mass is 32.2. The van der Waals surface area contributed by atoms with Crippen LogP contribution in [0, 0.1) is 19.7 Å². The molecule has 0 bridgehead atoms. The molecule has 2 aromatic carbocycles. The van der Waals surface area contributed by atoms with Crippen molar-refractivity contribution in [2.75, 3.05) is 17.1 Å². The number of anilines is 1. The standard InChI is InChI=1S/C27H36FN3O4S/c1-19-10-11-20(2)25(16-19)31(36(4,34)35)18-26(32)30(17-22-12-14-23(28)15-13-22)21(3)27(33)29-24-8-6-5-7-9-24/h10-16,21,24H,5-9,17-18H2,1-4H3,(H,29,33). The zero-order valence-corrected chi connectivity index (χ0v) is 22.3. The highest BCUT2D eigenvalue weighted by Gasteiger charge is 2.31. The molecule has 7 nitrogen and oxygen atoms in total. The molecule has 36 heavy (non-hydrogen) atoms. The first-order valence-electron chi connectivity index (χ1n) is 12.3. The quantitative estimate of drug-likeness (QED) is 0.543. The van der Waals surface area contributed by atoms with Gasteiger partial charge in [-0.1, -0.05) is 43.5 Å². The van der Waals surface area contributed by atoms with E-state index >= 15 is 0 Å². The summed E-state index contributed by atoms with van der Waals surface area (Å²) >= 11 is 0. The number of nitrogens with one attached hydrogen (secondary N) is 1. The van der Waals surface area contributed by atoms with E-state index in [2.05, 4.69) is 5.32 Å². The van der Waals surface area contributed by atoms with Crippen LogP contribution in [0.1, 0.15) is 55.7 Å². The van der Waals surface area contributed by atoms with Gasteiger partial charge in [0.15, 0.2) is 0 Å². The molecular formula is C27H36FN3O4S. The lowest BCUT2D eigenvalue weighted by atomic mass is 9.95. The van der Waals surface area contributed by atoms with Crippen molar-refractivity contribution in [3.05, 3.63) is 65.0 Å². The fraction of sp³-hybridized carbons (Fsp3) is 0.481. The van der Waals surface area contributed by atoms with Gasteiger partial charge in [-0.2, -0.15) is 0 Å². The molecule has 1 aliphatic rings. The summed E-state index contributed by atoms with van der Waals surface area (Å²) in [5.74, 6) is -1.20. The molecule has 1 saturated carbocycles. The fourth-order valence-electron chi connectivity index (χ4n) is 4.52. The van der Waals surface area contributed by atoms with Crippen molar-refractivity contribution in [3.8, 4) is 0 Å². The van der Waals surface area contributed by atoms with Crippen LogP contribution in [0.2, 0.25) is 0 Å². The number of hydrogen-bond donors (Lipinski definition) is 1. The van der Waals surface area contributed by atoms with Crippen LogP contribution in [-0.2, 0) is 26.2 Å². The predicted molar refractivity (Wildman–Crippen MR) is 140 cm³/mol. The van der Waals surface area contributed by atoms with Crippen LogP contribution in [-0.4, -0.2) is 50.0 Å². The maximum absolute atomic E-state index is 13.6. The maximum Gasteiger partial charge on any atom is 0.244 e. The van der Waals surface area contributed by atoms with E-state index in [1.807, 2.05) is 19.1 Å². The Morgan fingerprint density at radius 3 is 2.31 bits per heavy atom. The number of aryl methyl sites for hydroxylation is 2. The smallest absolute Gasteiger partial charge is 0.244 e. The highest BCUT2D eigenvalue weighted by molar-refractivity contribution is 7.92. The van der Waals surface area contributed by atoms with Gasteiger partial charge in [-0.3, -0.25) is 13.9 Å². The second-order valence-corrected chi connectivity index (χ2v) is 11.6. The van der Waals surface area contributed by atoms with E-state index in [9.17, 15) is 22.4 Å². The molecule has 0 saturated heterocycles. The third-order valence-corrected chi connectivity index (χ3v) is 7.82. The molecule has 0 aliphatic heterocycles. The molecule has 9 heteroatoms. The van der Waals surface area contributed by atoms with E-state index in [-0.39, 0.29) is 18.5 Å². The van der Waals surface area contributed by atoms with Gasteiger partial charge in [0.2, 0.25) is 21.8 Å². The van der Waals surface area contributed by atoms with Gasteiger partial charge < -0.3 is 10.2 Å². The first kappa shape index (κ1) is 27.6. The van der Waals surface area contributed by atoms with Gasteiger partial charge in [0.25, 0.3) is 0 Å². The molecule has 1 fully saturated rings. The lowest BCUT2D eigenvalue weighted by molar-refractivity contribution is -0.139. The normalized spacial score (nSPS) is 15.2. The largest absolute Gasteiger partial charge is 0.352 e. The topological polar surface area (TPSA) is 86.8 Å². The number of carbonyl (C=O) groups is 2. The van der Waals surface area contributed by atoms with Crippen molar-refractivity contribution in [3.63, 3.8) is 0 Å². The van der Waals surface area contributed by atoms with Crippen molar-refractivity contribution >= 4 is 27.5 Å². The van der Waals surface area contributed by atoms with Gasteiger partial charge in [0.1, 0.15) is 18.4 Å². The number of benzene rings is 2. The van der Waals surface area contributed by atoms with E-state index in [1.54, 1.807) is 32.0 Å². The second kappa shape index (κ2) is 11.9. The summed E-state index contributed by atoms with van der Waals surface area (Å²) in [6.07, 6.45) is 6.12. The van der Waals surface area contributed by atoms with Gasteiger partial charge in [-0.25, -0.2) is 12.8 Å². The molecule has 3 rings (SSSR count). The number of hydrogen-bond acceptors (Lipinski definition) is 4. The third-order valence-electron chi connectivity index (χ3n) is 6.70. The molecule has 0 spiro atoms. The first-order chi connectivity index (χ1) is 17.0. The van der Waals surface area contributed by atoms with E-state index in [0.29, 0.717) is 16.8 Å². The number of nitrogens with zero attached hydrogens (tertiary/aromatic N) is 2. The van der Waals surface area contributed by atoms with Crippen molar-refractivity contribution in [1.29, 1.82) is 0 Å². The van der Waals surface area contributed by atoms with Gasteiger partial charge in [-0.15, -0.1) is 0 Å². The number of carbonyl (C=O) groups excluding carboxylic acids is 2. The summed E-state index contributed by atoms with van der Waals surface area (Å²) in [7, 11) is -3.80. The van der Waals surface area contributed by atoms with Crippen LogP contribution >= 0.6 is 0 Å². The van der Waals surface area contributed by atoms with Gasteiger partial charge >= 0.3 is 0 Å². The molecule has 1 unspecified atom stereocenters. The monoisotopic (exact) mass is 517 g/mol. The summed E-state index contributed by atoms with van der Waals surface area (Å²) in [4.78, 5) is 28.2. The maximum atomic E-state index is 13.6. The summed E-state index contributed by atoms with van der Waals surface area (Å²) in [6.45, 7) is 4.87. The van der Waals surface area contributed by atoms with Gasteiger partial charge in [0.05, 0.1) is 11.9 Å². The van der Waals surface area contributed by atoms with Crippen LogP contribution in [0.4, 0.5) is 10.1 Å². The fourth-order valence-corrected chi connectivity index (χ4v) is 5.42. The molecule has 0 heterocycles. The Morgan fingerprint density at radius 2 is 1.69 bits per heavy atom. The minimum Gasteiger partial charge on any atom is -0.352 e. The number of halogens is 1. The molecule has 196 valence electrons. The van der Waals surface area contributed by atoms with E-state index in [4.69, 9.17) is 0 Å². The van der Waals surface area contributed by atoms with Crippen LogP contribution in [0.3, 0.4) is 0 Å². The van der Waals surface area contributed by atoms with Crippen LogP contribution in [0.5, 0.6) is 0 Å². The number of amides is 2. The lowest BCUT2D eigenvalue weighted by Gasteiger charge is -2.33. The van der Waals surface area contributed by atoms with Gasteiger partial charge in [-0.05, 0) is 68.5 Å². The van der Waals surface area contributed by atoms with Crippen molar-refractivity contribution in [2.45, 2.75) is 71.5 Å². The zero-order valence-electron chi connectivity index (χ0n) is 21.5. The summed E-state index contributed by atoms with van der Waals surface area (Å²) < 4.78 is 40.1. The Hall–Kier alpha value is -2.94. The zero-order chi connectivity index (χ0) is 26.5. The Bertz CT molecular complexity index is 1180. The summed E-state index contributed by atoms with van der Waals surface area (Å²) in [5.41, 5.74) is 2.64. The summed E-state index contributed by atoms with van der Waals surface area (Å²) in [6, 6.07) is 10.3. The summed E-state index contributed by atoms with van der Waals surface area (Å²) in [5, 5.41) is 3.06. The average molecular weight is 518 g/mol. The Labute approximate surface area is 213 Å². The van der Waals surface area contributed by atoms with Crippen LogP contribution in [0.25, 0.3) is 0 Å². The minimum absolute atomic E-state index is 0.0444. The van der Waals surface area contributed by atoms with Crippen LogP contribution < -0.4 is 9.62 Å². The van der Waals surface area contributed by atoms with E-state index < -0.39 is 34.3 Å². The SMILES string of the molecule is Cc1ccc(C)c(N(CC(=O)N(Cc2ccc(F)cc2)C(C)C(=O)NC2CCCCC2)S(C)(=O)=O)c1. The van der Waals surface area contributed by atoms with Crippen LogP contribution in [0.15, 0.2) is 42.5 Å². The molecular weight excluding hydrogens is 481 g/mol. The number of sulfonamides is 1. The average Bonchev–Trinajstić information content (AvgIpc) is 2.83.